The number of nitrogens with one attached hydrogen (secondary N) is 2. The number of carbonyl (C=O) groups excluding carboxylic acids is 2. The minimum absolute atomic E-state index is 0.111. The lowest BCUT2D eigenvalue weighted by atomic mass is 9.86. The number of hydrogen-bond donors (Lipinski definition) is 3. The third-order valence-electron chi connectivity index (χ3n) is 3.82. The molecule has 0 saturated carbocycles. The van der Waals surface area contributed by atoms with Gasteiger partial charge in [0.25, 0.3) is 11.8 Å². The van der Waals surface area contributed by atoms with Crippen LogP contribution in [-0.2, 0) is 21.6 Å². The summed E-state index contributed by atoms with van der Waals surface area (Å²) >= 11 is 1.30. The first-order chi connectivity index (χ1) is 11.5. The highest BCUT2D eigenvalue weighted by atomic mass is 32.1. The second kappa shape index (κ2) is 6.61. The summed E-state index contributed by atoms with van der Waals surface area (Å²) in [7, 11) is 1.58. The predicted molar refractivity (Wildman–Crippen MR) is 100 cm³/mol. The van der Waals surface area contributed by atoms with Crippen molar-refractivity contribution in [1.82, 2.24) is 5.43 Å². The van der Waals surface area contributed by atoms with Crippen LogP contribution in [0.1, 0.15) is 48.5 Å². The van der Waals surface area contributed by atoms with Gasteiger partial charge in [0.1, 0.15) is 10.7 Å². The number of amides is 2. The number of nitrogens with zero attached hydrogens (tertiary/aromatic N) is 1. The van der Waals surface area contributed by atoms with Gasteiger partial charge in [0.15, 0.2) is 0 Å². The number of fused-ring (bicyclic) bond motifs is 1. The van der Waals surface area contributed by atoms with Crippen LogP contribution in [0.5, 0.6) is 0 Å². The van der Waals surface area contributed by atoms with Gasteiger partial charge in [0, 0.05) is 18.3 Å². The first kappa shape index (κ1) is 19.1. The molecule has 0 saturated heterocycles. The van der Waals surface area contributed by atoms with Crippen molar-refractivity contribution in [1.29, 1.82) is 0 Å². The van der Waals surface area contributed by atoms with Crippen molar-refractivity contribution in [2.45, 2.75) is 45.3 Å². The number of nitrogens with two attached hydrogens (primary N) is 1. The van der Waals surface area contributed by atoms with Gasteiger partial charge in [0.05, 0.1) is 16.8 Å². The number of thiophene rings is 1. The van der Waals surface area contributed by atoms with Crippen LogP contribution in [0.25, 0.3) is 0 Å². The number of hydrazone groups is 1. The average Bonchev–Trinajstić information content (AvgIpc) is 2.81. The molecule has 2 amide bonds. The van der Waals surface area contributed by atoms with Crippen LogP contribution in [-0.4, -0.2) is 30.2 Å². The van der Waals surface area contributed by atoms with Gasteiger partial charge in [-0.2, -0.15) is 5.10 Å². The normalized spacial score (nSPS) is 18.2. The number of carbonyl (C=O) groups is 2. The molecule has 7 nitrogen and oxygen atoms in total. The van der Waals surface area contributed by atoms with E-state index < -0.39 is 23.0 Å². The summed E-state index contributed by atoms with van der Waals surface area (Å²) in [6.07, 6.45) is 1.87. The Hall–Kier alpha value is -2.19. The van der Waals surface area contributed by atoms with E-state index in [2.05, 4.69) is 22.4 Å². The fourth-order valence-corrected chi connectivity index (χ4v) is 4.40. The van der Waals surface area contributed by atoms with Gasteiger partial charge < -0.3 is 21.2 Å². The van der Waals surface area contributed by atoms with E-state index >= 15 is 0 Å². The van der Waals surface area contributed by atoms with E-state index in [1.54, 1.807) is 7.05 Å². The largest absolute Gasteiger partial charge is 0.365 e. The zero-order valence-electron chi connectivity index (χ0n) is 15.1. The second-order valence-corrected chi connectivity index (χ2v) is 7.93. The van der Waals surface area contributed by atoms with Crippen LogP contribution in [0.2, 0.25) is 0 Å². The molecule has 0 fully saturated rings. The maximum atomic E-state index is 12.4. The van der Waals surface area contributed by atoms with Crippen molar-refractivity contribution in [3.8, 4) is 0 Å². The molecular weight excluding hydrogens is 340 g/mol. The second-order valence-electron chi connectivity index (χ2n) is 6.91. The molecule has 0 radical (unpaired) electrons. The molecule has 1 aromatic rings. The van der Waals surface area contributed by atoms with E-state index in [0.717, 1.165) is 10.4 Å². The first-order valence-corrected chi connectivity index (χ1v) is 8.68. The molecule has 4 N–H and O–H groups in total. The van der Waals surface area contributed by atoms with Gasteiger partial charge in [0.2, 0.25) is 0 Å². The molecule has 1 aromatic heterocycles. The number of primary amides is 1. The van der Waals surface area contributed by atoms with Crippen LogP contribution in [0.15, 0.2) is 17.8 Å². The van der Waals surface area contributed by atoms with Crippen molar-refractivity contribution in [3.05, 3.63) is 28.7 Å². The highest BCUT2D eigenvalue weighted by molar-refractivity contribution is 7.17. The average molecular weight is 364 g/mol. The summed E-state index contributed by atoms with van der Waals surface area (Å²) in [6, 6.07) is 0. The number of hydrogen-bond acceptors (Lipinski definition) is 6. The van der Waals surface area contributed by atoms with Crippen molar-refractivity contribution in [2.24, 2.45) is 10.8 Å². The van der Waals surface area contributed by atoms with E-state index in [0.29, 0.717) is 17.0 Å². The Balaban J connectivity index is 2.53. The molecule has 1 aliphatic heterocycles. The Kier molecular flexibility index (Phi) is 5.06. The Morgan fingerprint density at radius 2 is 2.00 bits per heavy atom. The SMILES string of the molecule is C=C/C(=N\NC)C(=O)Nc1sc2c(c1C(N)=O)CC(C)(C)OC2(C)C. The Morgan fingerprint density at radius 3 is 2.52 bits per heavy atom. The third kappa shape index (κ3) is 3.74. The predicted octanol–water partition coefficient (Wildman–Crippen LogP) is 2.13. The highest BCUT2D eigenvalue weighted by Crippen LogP contribution is 2.48. The van der Waals surface area contributed by atoms with E-state index in [1.807, 2.05) is 27.7 Å². The first-order valence-electron chi connectivity index (χ1n) is 7.86. The van der Waals surface area contributed by atoms with Crippen molar-refractivity contribution in [2.75, 3.05) is 12.4 Å². The molecular formula is C17H24N4O3S. The maximum absolute atomic E-state index is 12.4. The third-order valence-corrected chi connectivity index (χ3v) is 5.27. The van der Waals surface area contributed by atoms with Gasteiger partial charge in [-0.1, -0.05) is 6.58 Å². The standard InChI is InChI=1S/C17H24N4O3S/c1-7-10(21-19-6)14(23)20-15-11(13(18)22)9-8-16(2,3)24-17(4,5)12(9)25-15/h7,19H,1,8H2,2-6H3,(H2,18,22)(H,20,23)/b21-10+. The molecule has 0 aliphatic carbocycles. The topological polar surface area (TPSA) is 106 Å². The van der Waals surface area contributed by atoms with E-state index in [9.17, 15) is 9.59 Å². The van der Waals surface area contributed by atoms with Gasteiger partial charge in [-0.05, 0) is 39.3 Å². The lowest BCUT2D eigenvalue weighted by Gasteiger charge is -2.41. The molecule has 25 heavy (non-hydrogen) atoms. The Morgan fingerprint density at radius 1 is 1.36 bits per heavy atom. The summed E-state index contributed by atoms with van der Waals surface area (Å²) in [6.45, 7) is 11.4. The van der Waals surface area contributed by atoms with Crippen molar-refractivity contribution >= 4 is 33.9 Å². The summed E-state index contributed by atoms with van der Waals surface area (Å²) in [4.78, 5) is 25.4. The molecule has 0 spiro atoms. The summed E-state index contributed by atoms with van der Waals surface area (Å²) in [5.74, 6) is -1.05. The zero-order valence-corrected chi connectivity index (χ0v) is 16.0. The van der Waals surface area contributed by atoms with Gasteiger partial charge in [-0.15, -0.1) is 11.3 Å². The van der Waals surface area contributed by atoms with E-state index in [1.165, 1.54) is 17.4 Å². The van der Waals surface area contributed by atoms with Gasteiger partial charge in [-0.25, -0.2) is 0 Å². The number of anilines is 1. The van der Waals surface area contributed by atoms with Gasteiger partial charge >= 0.3 is 0 Å². The molecule has 136 valence electrons. The van der Waals surface area contributed by atoms with Crippen LogP contribution < -0.4 is 16.5 Å². The van der Waals surface area contributed by atoms with E-state index in [4.69, 9.17) is 10.5 Å². The van der Waals surface area contributed by atoms with Crippen molar-refractivity contribution < 1.29 is 14.3 Å². The number of ether oxygens (including phenoxy) is 1. The quantitative estimate of drug-likeness (QED) is 0.550. The highest BCUT2D eigenvalue weighted by Gasteiger charge is 2.42. The van der Waals surface area contributed by atoms with E-state index in [-0.39, 0.29) is 5.71 Å². The van der Waals surface area contributed by atoms with Crippen LogP contribution >= 0.6 is 11.3 Å². The molecule has 2 rings (SSSR count). The smallest absolute Gasteiger partial charge is 0.276 e. The summed E-state index contributed by atoms with van der Waals surface area (Å²) in [5, 5.41) is 6.98. The lowest BCUT2D eigenvalue weighted by molar-refractivity contribution is -0.135. The van der Waals surface area contributed by atoms with Crippen molar-refractivity contribution in [3.63, 3.8) is 0 Å². The molecule has 0 aromatic carbocycles. The fraction of sp³-hybridized carbons (Fsp3) is 0.471. The summed E-state index contributed by atoms with van der Waals surface area (Å²) in [5.41, 5.74) is 8.41. The Labute approximate surface area is 151 Å². The molecule has 0 atom stereocenters. The monoisotopic (exact) mass is 364 g/mol. The molecule has 0 unspecified atom stereocenters. The fourth-order valence-electron chi connectivity index (χ4n) is 3.14. The minimum atomic E-state index is -0.588. The van der Waals surface area contributed by atoms with Gasteiger partial charge in [-0.3, -0.25) is 9.59 Å². The molecule has 0 bridgehead atoms. The molecule has 8 heteroatoms. The van der Waals surface area contributed by atoms with Crippen LogP contribution in [0.4, 0.5) is 5.00 Å². The molecule has 2 heterocycles. The summed E-state index contributed by atoms with van der Waals surface area (Å²) < 4.78 is 6.14. The Bertz CT molecular complexity index is 762. The maximum Gasteiger partial charge on any atom is 0.276 e. The molecule has 1 aliphatic rings. The minimum Gasteiger partial charge on any atom is -0.365 e. The number of rotatable bonds is 5. The lowest BCUT2D eigenvalue weighted by Crippen LogP contribution is -2.42. The zero-order chi connectivity index (χ0) is 19.0. The van der Waals surface area contributed by atoms with Crippen LogP contribution in [0, 0.1) is 0 Å². The van der Waals surface area contributed by atoms with Crippen LogP contribution in [0.3, 0.4) is 0 Å².